The Kier molecular flexibility index (Phi) is 7.31. The van der Waals surface area contributed by atoms with Crippen molar-refractivity contribution in [3.8, 4) is 5.75 Å². The third kappa shape index (κ3) is 5.12. The molecule has 0 aromatic heterocycles. The second-order valence-corrected chi connectivity index (χ2v) is 8.49. The molecule has 1 aliphatic rings. The first kappa shape index (κ1) is 24.6. The van der Waals surface area contributed by atoms with Crippen molar-refractivity contribution in [2.75, 3.05) is 22.1 Å². The third-order valence-corrected chi connectivity index (χ3v) is 6.18. The maximum Gasteiger partial charge on any atom is 0.283 e. The molecule has 0 bridgehead atoms. The zero-order valence-corrected chi connectivity index (χ0v) is 20.5. The Balaban J connectivity index is 1.52. The van der Waals surface area contributed by atoms with Crippen LogP contribution in [0.4, 0.5) is 17.1 Å². The molecule has 4 rings (SSSR count). The van der Waals surface area contributed by atoms with Gasteiger partial charge in [-0.25, -0.2) is 4.90 Å². The van der Waals surface area contributed by atoms with Crippen LogP contribution in [0.15, 0.2) is 77.5 Å². The number of imide groups is 1. The number of anilines is 3. The van der Waals surface area contributed by atoms with Crippen molar-refractivity contribution < 1.29 is 19.1 Å². The summed E-state index contributed by atoms with van der Waals surface area (Å²) in [6.07, 6.45) is 0. The van der Waals surface area contributed by atoms with E-state index in [1.54, 1.807) is 48.5 Å². The lowest BCUT2D eigenvalue weighted by atomic mass is 10.1. The van der Waals surface area contributed by atoms with Crippen LogP contribution >= 0.6 is 34.8 Å². The number of nitrogens with zero attached hydrogens (tertiary/aromatic N) is 1. The number of nitrogens with one attached hydrogen (secondary N) is 2. The van der Waals surface area contributed by atoms with Crippen molar-refractivity contribution in [2.24, 2.45) is 0 Å². The summed E-state index contributed by atoms with van der Waals surface area (Å²) in [5.74, 6) is -1.11. The smallest absolute Gasteiger partial charge is 0.283 e. The Morgan fingerprint density at radius 3 is 2.34 bits per heavy atom. The molecular weight excluding hydrogens is 513 g/mol. The number of amides is 3. The van der Waals surface area contributed by atoms with Gasteiger partial charge in [-0.2, -0.15) is 0 Å². The van der Waals surface area contributed by atoms with E-state index < -0.39 is 11.8 Å². The van der Waals surface area contributed by atoms with E-state index in [1.807, 2.05) is 6.92 Å². The molecule has 0 spiro atoms. The zero-order chi connectivity index (χ0) is 25.1. The molecule has 0 saturated carbocycles. The van der Waals surface area contributed by atoms with Crippen LogP contribution in [0.2, 0.25) is 10.0 Å². The number of benzene rings is 3. The van der Waals surface area contributed by atoms with Gasteiger partial charge in [0.05, 0.1) is 22.3 Å². The number of carbonyl (C=O) groups is 3. The molecule has 0 saturated heterocycles. The van der Waals surface area contributed by atoms with Crippen LogP contribution in [0.25, 0.3) is 0 Å². The lowest BCUT2D eigenvalue weighted by Gasteiger charge is -2.17. The van der Waals surface area contributed by atoms with Crippen LogP contribution in [0.1, 0.15) is 17.3 Å². The predicted octanol–water partition coefficient (Wildman–Crippen LogP) is 6.08. The van der Waals surface area contributed by atoms with Gasteiger partial charge in [0.25, 0.3) is 17.7 Å². The van der Waals surface area contributed by atoms with Crippen LogP contribution < -0.4 is 20.3 Å². The zero-order valence-electron chi connectivity index (χ0n) is 18.3. The van der Waals surface area contributed by atoms with Gasteiger partial charge < -0.3 is 15.4 Å². The van der Waals surface area contributed by atoms with E-state index in [4.69, 9.17) is 39.5 Å². The summed E-state index contributed by atoms with van der Waals surface area (Å²) in [6, 6.07) is 18.0. The SMILES string of the molecule is CCOc1ccc(NC(=O)c2cccc(NC3=C(Cl)C(=O)N(c4cccc(Cl)c4Cl)C3=O)c2)cc1. The number of hydrogen-bond donors (Lipinski definition) is 2. The van der Waals surface area contributed by atoms with Crippen LogP contribution in [-0.2, 0) is 9.59 Å². The molecule has 0 radical (unpaired) electrons. The van der Waals surface area contributed by atoms with Crippen LogP contribution in [-0.4, -0.2) is 24.3 Å². The standard InChI is InChI=1S/C25H18Cl3N3O4/c1-2-35-17-11-9-15(10-12-17)30-23(32)14-5-3-6-16(13-14)29-22-21(28)24(33)31(25(22)34)19-8-4-7-18(26)20(19)27/h3-13,29H,2H2,1H3,(H,30,32). The second kappa shape index (κ2) is 10.4. The highest BCUT2D eigenvalue weighted by Gasteiger charge is 2.40. The minimum absolute atomic E-state index is 0.0505. The first-order valence-electron chi connectivity index (χ1n) is 10.4. The first-order valence-corrected chi connectivity index (χ1v) is 11.6. The van der Waals surface area contributed by atoms with Crippen molar-refractivity contribution >= 4 is 69.6 Å². The van der Waals surface area contributed by atoms with Crippen LogP contribution in [0, 0.1) is 0 Å². The fraction of sp³-hybridized carbons (Fsp3) is 0.0800. The van der Waals surface area contributed by atoms with Gasteiger partial charge >= 0.3 is 0 Å². The summed E-state index contributed by atoms with van der Waals surface area (Å²) < 4.78 is 5.40. The molecule has 3 amide bonds. The highest BCUT2D eigenvalue weighted by molar-refractivity contribution is 6.54. The summed E-state index contributed by atoms with van der Waals surface area (Å²) in [4.78, 5) is 39.3. The molecular formula is C25H18Cl3N3O4. The van der Waals surface area contributed by atoms with Crippen molar-refractivity contribution in [2.45, 2.75) is 6.92 Å². The van der Waals surface area contributed by atoms with Gasteiger partial charge in [0.2, 0.25) is 0 Å². The predicted molar refractivity (Wildman–Crippen MR) is 137 cm³/mol. The number of carbonyl (C=O) groups excluding carboxylic acids is 3. The van der Waals surface area contributed by atoms with Crippen LogP contribution in [0.3, 0.4) is 0 Å². The van der Waals surface area contributed by atoms with Crippen molar-refractivity contribution in [1.82, 2.24) is 0 Å². The van der Waals surface area contributed by atoms with Crippen molar-refractivity contribution in [1.29, 1.82) is 0 Å². The largest absolute Gasteiger partial charge is 0.494 e. The number of ether oxygens (including phenoxy) is 1. The molecule has 1 aliphatic heterocycles. The summed E-state index contributed by atoms with van der Waals surface area (Å²) in [7, 11) is 0. The fourth-order valence-electron chi connectivity index (χ4n) is 3.38. The Morgan fingerprint density at radius 2 is 1.63 bits per heavy atom. The van der Waals surface area contributed by atoms with E-state index in [2.05, 4.69) is 10.6 Å². The monoisotopic (exact) mass is 529 g/mol. The van der Waals surface area contributed by atoms with E-state index in [0.29, 0.717) is 29.3 Å². The normalized spacial score (nSPS) is 13.3. The maximum absolute atomic E-state index is 13.0. The van der Waals surface area contributed by atoms with Gasteiger partial charge in [0, 0.05) is 16.9 Å². The molecule has 2 N–H and O–H groups in total. The van der Waals surface area contributed by atoms with E-state index in [1.165, 1.54) is 18.2 Å². The van der Waals surface area contributed by atoms with Crippen molar-refractivity contribution in [3.63, 3.8) is 0 Å². The Morgan fingerprint density at radius 1 is 0.914 bits per heavy atom. The van der Waals surface area contributed by atoms with Gasteiger partial charge in [0.1, 0.15) is 16.5 Å². The highest BCUT2D eigenvalue weighted by Crippen LogP contribution is 2.37. The molecule has 35 heavy (non-hydrogen) atoms. The second-order valence-electron chi connectivity index (χ2n) is 7.32. The van der Waals surface area contributed by atoms with Crippen molar-refractivity contribution in [3.05, 3.63) is 93.1 Å². The quantitative estimate of drug-likeness (QED) is 0.362. The molecule has 178 valence electrons. The van der Waals surface area contributed by atoms with Gasteiger partial charge in [-0.3, -0.25) is 14.4 Å². The lowest BCUT2D eigenvalue weighted by Crippen LogP contribution is -2.32. The van der Waals surface area contributed by atoms with Gasteiger partial charge in [0.15, 0.2) is 0 Å². The van der Waals surface area contributed by atoms with E-state index in [-0.39, 0.29) is 32.4 Å². The van der Waals surface area contributed by atoms with Gasteiger partial charge in [-0.1, -0.05) is 46.9 Å². The molecule has 7 nitrogen and oxygen atoms in total. The first-order chi connectivity index (χ1) is 16.8. The maximum atomic E-state index is 13.0. The molecule has 10 heteroatoms. The third-order valence-electron chi connectivity index (χ3n) is 5.02. The summed E-state index contributed by atoms with van der Waals surface area (Å²) >= 11 is 18.4. The average Bonchev–Trinajstić information content (AvgIpc) is 3.05. The highest BCUT2D eigenvalue weighted by atomic mass is 35.5. The Hall–Kier alpha value is -3.52. The minimum Gasteiger partial charge on any atom is -0.494 e. The Bertz CT molecular complexity index is 1360. The lowest BCUT2D eigenvalue weighted by molar-refractivity contribution is -0.120. The van der Waals surface area contributed by atoms with E-state index >= 15 is 0 Å². The molecule has 3 aromatic carbocycles. The summed E-state index contributed by atoms with van der Waals surface area (Å²) in [5, 5.41) is 5.57. The molecule has 0 unspecified atom stereocenters. The van der Waals surface area contributed by atoms with Crippen LogP contribution in [0.5, 0.6) is 5.75 Å². The van der Waals surface area contributed by atoms with E-state index in [0.717, 1.165) is 4.90 Å². The molecule has 0 fully saturated rings. The summed E-state index contributed by atoms with van der Waals surface area (Å²) in [6.45, 7) is 2.43. The fourth-order valence-corrected chi connectivity index (χ4v) is 3.97. The average molecular weight is 531 g/mol. The van der Waals surface area contributed by atoms with Gasteiger partial charge in [-0.05, 0) is 61.5 Å². The molecule has 0 atom stereocenters. The van der Waals surface area contributed by atoms with E-state index in [9.17, 15) is 14.4 Å². The molecule has 0 aliphatic carbocycles. The molecule has 3 aromatic rings. The minimum atomic E-state index is -0.743. The molecule has 1 heterocycles. The van der Waals surface area contributed by atoms with Gasteiger partial charge in [-0.15, -0.1) is 0 Å². The summed E-state index contributed by atoms with van der Waals surface area (Å²) in [5.41, 5.74) is 1.28. The Labute approximate surface area is 216 Å². The topological polar surface area (TPSA) is 87.7 Å². The number of hydrogen-bond acceptors (Lipinski definition) is 5. The number of rotatable bonds is 7. The number of halogens is 3.